The van der Waals surface area contributed by atoms with Gasteiger partial charge in [-0.1, -0.05) is 6.92 Å². The van der Waals surface area contributed by atoms with Gasteiger partial charge in [0.05, 0.1) is 0 Å². The third-order valence-corrected chi connectivity index (χ3v) is 3.45. The summed E-state index contributed by atoms with van der Waals surface area (Å²) in [6.45, 7) is 6.99. The van der Waals surface area contributed by atoms with Gasteiger partial charge in [-0.3, -0.25) is 4.21 Å². The number of nitrogens with zero attached hydrogens (tertiary/aromatic N) is 2. The van der Waals surface area contributed by atoms with Gasteiger partial charge in [0, 0.05) is 47.9 Å². The van der Waals surface area contributed by atoms with Crippen molar-refractivity contribution in [3.8, 4) is 0 Å². The van der Waals surface area contributed by atoms with Gasteiger partial charge in [0.2, 0.25) is 0 Å². The Balaban J connectivity index is 2.82. The van der Waals surface area contributed by atoms with Crippen molar-refractivity contribution in [1.82, 2.24) is 9.97 Å². The van der Waals surface area contributed by atoms with Crippen LogP contribution in [0.5, 0.6) is 0 Å². The monoisotopic (exact) mass is 284 g/mol. The minimum absolute atomic E-state index is 0.129. The Labute approximate surface area is 118 Å². The first-order chi connectivity index (χ1) is 9.05. The maximum atomic E-state index is 11.2. The van der Waals surface area contributed by atoms with E-state index in [-0.39, 0.29) is 6.04 Å². The molecule has 2 N–H and O–H groups in total. The average molecular weight is 284 g/mol. The summed E-state index contributed by atoms with van der Waals surface area (Å²) in [6, 6.07) is 2.03. The lowest BCUT2D eigenvalue weighted by Gasteiger charge is -2.15. The molecule has 1 aromatic rings. The first-order valence-electron chi connectivity index (χ1n) is 6.73. The number of aryl methyl sites for hydroxylation is 1. The fraction of sp³-hybridized carbons (Fsp3) is 0.692. The van der Waals surface area contributed by atoms with Crippen LogP contribution in [0.25, 0.3) is 0 Å². The van der Waals surface area contributed by atoms with Crippen LogP contribution < -0.4 is 10.6 Å². The van der Waals surface area contributed by atoms with Gasteiger partial charge in [0.25, 0.3) is 0 Å². The maximum Gasteiger partial charge on any atom is 0.133 e. The van der Waals surface area contributed by atoms with Crippen molar-refractivity contribution in [2.45, 2.75) is 39.7 Å². The molecule has 0 fully saturated rings. The molecule has 19 heavy (non-hydrogen) atoms. The van der Waals surface area contributed by atoms with Gasteiger partial charge < -0.3 is 10.6 Å². The van der Waals surface area contributed by atoms with Crippen molar-refractivity contribution in [2.24, 2.45) is 0 Å². The molecule has 5 nitrogen and oxygen atoms in total. The SMILES string of the molecule is CCCc1nc(NCC)cc(NC(C)CS(C)=O)n1. The Kier molecular flexibility index (Phi) is 6.77. The van der Waals surface area contributed by atoms with E-state index in [1.54, 1.807) is 6.26 Å². The second kappa shape index (κ2) is 8.09. The smallest absolute Gasteiger partial charge is 0.133 e. The fourth-order valence-corrected chi connectivity index (χ4v) is 2.61. The van der Waals surface area contributed by atoms with Gasteiger partial charge in [-0.15, -0.1) is 0 Å². The number of nitrogens with one attached hydrogen (secondary N) is 2. The average Bonchev–Trinajstić information content (AvgIpc) is 2.28. The van der Waals surface area contributed by atoms with E-state index in [4.69, 9.17) is 0 Å². The van der Waals surface area contributed by atoms with Gasteiger partial charge in [-0.25, -0.2) is 9.97 Å². The van der Waals surface area contributed by atoms with Gasteiger partial charge in [-0.05, 0) is 20.3 Å². The van der Waals surface area contributed by atoms with Crippen molar-refractivity contribution >= 4 is 22.4 Å². The van der Waals surface area contributed by atoms with Crippen molar-refractivity contribution in [3.05, 3.63) is 11.9 Å². The van der Waals surface area contributed by atoms with Crippen LogP contribution >= 0.6 is 0 Å². The molecule has 1 rings (SSSR count). The Morgan fingerprint density at radius 1 is 1.32 bits per heavy atom. The van der Waals surface area contributed by atoms with Crippen molar-refractivity contribution < 1.29 is 4.21 Å². The second-order valence-corrected chi connectivity index (χ2v) is 6.10. The molecule has 0 amide bonds. The molecule has 1 heterocycles. The Morgan fingerprint density at radius 3 is 2.58 bits per heavy atom. The van der Waals surface area contributed by atoms with E-state index in [1.165, 1.54) is 0 Å². The molecule has 0 bridgehead atoms. The van der Waals surface area contributed by atoms with E-state index in [1.807, 2.05) is 19.9 Å². The highest BCUT2D eigenvalue weighted by atomic mass is 32.2. The molecule has 108 valence electrons. The lowest BCUT2D eigenvalue weighted by molar-refractivity contribution is 0.682. The first-order valence-corrected chi connectivity index (χ1v) is 8.46. The highest BCUT2D eigenvalue weighted by molar-refractivity contribution is 7.84. The summed E-state index contributed by atoms with van der Waals surface area (Å²) in [6.07, 6.45) is 3.59. The summed E-state index contributed by atoms with van der Waals surface area (Å²) in [5, 5.41) is 6.50. The van der Waals surface area contributed by atoms with E-state index in [2.05, 4.69) is 27.5 Å². The minimum Gasteiger partial charge on any atom is -0.370 e. The summed E-state index contributed by atoms with van der Waals surface area (Å²) in [5.41, 5.74) is 0. The van der Waals surface area contributed by atoms with Crippen LogP contribution in [0.4, 0.5) is 11.6 Å². The maximum absolute atomic E-state index is 11.2. The molecular weight excluding hydrogens is 260 g/mol. The molecule has 0 radical (unpaired) electrons. The molecule has 0 saturated heterocycles. The second-order valence-electron chi connectivity index (χ2n) is 4.62. The van der Waals surface area contributed by atoms with Crippen molar-refractivity contribution in [1.29, 1.82) is 0 Å². The van der Waals surface area contributed by atoms with Crippen LogP contribution in [0.1, 0.15) is 33.0 Å². The normalized spacial score (nSPS) is 13.9. The number of aromatic nitrogens is 2. The molecule has 0 saturated carbocycles. The molecule has 6 heteroatoms. The Morgan fingerprint density at radius 2 is 2.00 bits per heavy atom. The summed E-state index contributed by atoms with van der Waals surface area (Å²) in [7, 11) is -0.808. The molecular formula is C13H24N4OS. The van der Waals surface area contributed by atoms with Gasteiger partial charge >= 0.3 is 0 Å². The molecule has 0 aliphatic carbocycles. The van der Waals surface area contributed by atoms with E-state index in [9.17, 15) is 4.21 Å². The zero-order valence-electron chi connectivity index (χ0n) is 12.2. The van der Waals surface area contributed by atoms with Gasteiger partial charge in [0.1, 0.15) is 17.5 Å². The summed E-state index contributed by atoms with van der Waals surface area (Å²) >= 11 is 0. The quantitative estimate of drug-likeness (QED) is 0.764. The van der Waals surface area contributed by atoms with Crippen molar-refractivity contribution in [3.63, 3.8) is 0 Å². The van der Waals surface area contributed by atoms with E-state index >= 15 is 0 Å². The van der Waals surface area contributed by atoms with E-state index in [0.29, 0.717) is 5.75 Å². The zero-order valence-corrected chi connectivity index (χ0v) is 13.0. The molecule has 2 unspecified atom stereocenters. The number of anilines is 2. The highest BCUT2D eigenvalue weighted by Gasteiger charge is 2.08. The highest BCUT2D eigenvalue weighted by Crippen LogP contribution is 2.13. The lowest BCUT2D eigenvalue weighted by atomic mass is 10.3. The van der Waals surface area contributed by atoms with Gasteiger partial charge in [-0.2, -0.15) is 0 Å². The van der Waals surface area contributed by atoms with Gasteiger partial charge in [0.15, 0.2) is 0 Å². The van der Waals surface area contributed by atoms with Crippen LogP contribution in [-0.2, 0) is 17.2 Å². The fourth-order valence-electron chi connectivity index (χ4n) is 1.82. The molecule has 0 aliphatic heterocycles. The van der Waals surface area contributed by atoms with E-state index < -0.39 is 10.8 Å². The number of hydrogen-bond acceptors (Lipinski definition) is 5. The Bertz CT molecular complexity index is 401. The third-order valence-electron chi connectivity index (χ3n) is 2.48. The predicted molar refractivity (Wildman–Crippen MR) is 82.2 cm³/mol. The number of hydrogen-bond donors (Lipinski definition) is 2. The summed E-state index contributed by atoms with van der Waals surface area (Å²) < 4.78 is 11.2. The first kappa shape index (κ1) is 15.9. The summed E-state index contributed by atoms with van der Waals surface area (Å²) in [5.74, 6) is 3.10. The molecule has 2 atom stereocenters. The largest absolute Gasteiger partial charge is 0.370 e. The molecule has 0 aliphatic rings. The van der Waals surface area contributed by atoms with Crippen LogP contribution in [0.15, 0.2) is 6.07 Å². The standard InChI is InChI=1S/C13H24N4OS/c1-5-7-11-16-12(14-6-2)8-13(17-11)15-10(3)9-19(4)18/h8,10H,5-7,9H2,1-4H3,(H2,14,15,16,17). The molecule has 1 aromatic heterocycles. The van der Waals surface area contributed by atoms with Crippen LogP contribution in [0.3, 0.4) is 0 Å². The van der Waals surface area contributed by atoms with Crippen LogP contribution in [0.2, 0.25) is 0 Å². The van der Waals surface area contributed by atoms with Crippen LogP contribution in [0, 0.1) is 0 Å². The van der Waals surface area contributed by atoms with Crippen LogP contribution in [-0.4, -0.2) is 38.8 Å². The zero-order chi connectivity index (χ0) is 14.3. The minimum atomic E-state index is -0.808. The Hall–Kier alpha value is -1.17. The molecule has 0 spiro atoms. The number of rotatable bonds is 8. The lowest BCUT2D eigenvalue weighted by Crippen LogP contribution is -2.23. The summed E-state index contributed by atoms with van der Waals surface area (Å²) in [4.78, 5) is 8.95. The predicted octanol–water partition coefficient (Wildman–Crippen LogP) is 2.04. The van der Waals surface area contributed by atoms with E-state index in [0.717, 1.165) is 36.8 Å². The topological polar surface area (TPSA) is 66.9 Å². The third kappa shape index (κ3) is 6.00. The van der Waals surface area contributed by atoms with Crippen molar-refractivity contribution in [2.75, 3.05) is 29.2 Å². The molecule has 0 aromatic carbocycles.